The number of hydrogen-bond acceptors (Lipinski definition) is 3. The molecule has 4 nitrogen and oxygen atoms in total. The molecule has 112 valence electrons. The molecular weight excluding hydrogens is 288 g/mol. The fourth-order valence-corrected chi connectivity index (χ4v) is 2.14. The van der Waals surface area contributed by atoms with Crippen LogP contribution in [-0.4, -0.2) is 21.9 Å². The zero-order valence-electron chi connectivity index (χ0n) is 11.8. The first-order valence-electron chi connectivity index (χ1n) is 6.63. The first-order chi connectivity index (χ1) is 10.7. The first kappa shape index (κ1) is 14.2. The second kappa shape index (κ2) is 5.93. The predicted octanol–water partition coefficient (Wildman–Crippen LogP) is 3.88. The number of aromatic nitrogens is 3. The summed E-state index contributed by atoms with van der Waals surface area (Å²) in [6, 6.07) is 14.0. The van der Waals surface area contributed by atoms with Crippen LogP contribution >= 0.6 is 0 Å². The third-order valence-electron chi connectivity index (χ3n) is 3.20. The first-order valence-corrected chi connectivity index (χ1v) is 6.63. The Labute approximate surface area is 126 Å². The Morgan fingerprint density at radius 3 is 2.45 bits per heavy atom. The van der Waals surface area contributed by atoms with Gasteiger partial charge in [-0.1, -0.05) is 30.3 Å². The van der Waals surface area contributed by atoms with Crippen LogP contribution in [0.15, 0.2) is 54.7 Å². The molecule has 0 aliphatic carbocycles. The summed E-state index contributed by atoms with van der Waals surface area (Å²) in [5, 5.41) is 4.00. The summed E-state index contributed by atoms with van der Waals surface area (Å²) in [7, 11) is 1.51. The van der Waals surface area contributed by atoms with Crippen molar-refractivity contribution in [2.24, 2.45) is 0 Å². The average Bonchev–Trinajstić information content (AvgIpc) is 3.01. The van der Waals surface area contributed by atoms with E-state index in [0.717, 1.165) is 5.56 Å². The summed E-state index contributed by atoms with van der Waals surface area (Å²) in [5.41, 5.74) is 1.71. The Kier molecular flexibility index (Phi) is 3.82. The number of hydrogen-bond donors (Lipinski definition) is 0. The maximum Gasteiger partial charge on any atom is 0.282 e. The van der Waals surface area contributed by atoms with Gasteiger partial charge in [0.25, 0.3) is 6.43 Å². The molecule has 0 aliphatic heterocycles. The summed E-state index contributed by atoms with van der Waals surface area (Å²) in [6.45, 7) is 0. The minimum atomic E-state index is -2.63. The summed E-state index contributed by atoms with van der Waals surface area (Å²) in [4.78, 5) is 4.09. The van der Waals surface area contributed by atoms with Crippen molar-refractivity contribution in [3.05, 3.63) is 60.4 Å². The van der Waals surface area contributed by atoms with Crippen LogP contribution in [0.4, 0.5) is 8.78 Å². The predicted molar refractivity (Wildman–Crippen MR) is 78.3 cm³/mol. The van der Waals surface area contributed by atoms with E-state index >= 15 is 0 Å². The van der Waals surface area contributed by atoms with Gasteiger partial charge in [0.1, 0.15) is 5.69 Å². The molecule has 0 saturated carbocycles. The van der Waals surface area contributed by atoms with Crippen LogP contribution in [0.25, 0.3) is 16.9 Å². The lowest BCUT2D eigenvalue weighted by molar-refractivity contribution is 0.145. The topological polar surface area (TPSA) is 39.9 Å². The molecule has 0 spiro atoms. The molecule has 0 bridgehead atoms. The maximum atomic E-state index is 13.0. The van der Waals surface area contributed by atoms with Crippen molar-refractivity contribution in [2.75, 3.05) is 7.11 Å². The van der Waals surface area contributed by atoms with Crippen molar-refractivity contribution in [2.45, 2.75) is 6.43 Å². The number of rotatable bonds is 4. The molecule has 0 atom stereocenters. The smallest absolute Gasteiger partial charge is 0.282 e. The zero-order chi connectivity index (χ0) is 15.5. The molecule has 0 aliphatic rings. The maximum absolute atomic E-state index is 13.0. The normalized spacial score (nSPS) is 10.9. The summed E-state index contributed by atoms with van der Waals surface area (Å²) < 4.78 is 32.5. The molecule has 0 fully saturated rings. The van der Waals surface area contributed by atoms with Crippen LogP contribution in [0.1, 0.15) is 12.1 Å². The largest absolute Gasteiger partial charge is 0.481 e. The van der Waals surface area contributed by atoms with Crippen molar-refractivity contribution in [1.29, 1.82) is 0 Å². The van der Waals surface area contributed by atoms with E-state index < -0.39 is 6.43 Å². The van der Waals surface area contributed by atoms with E-state index in [4.69, 9.17) is 4.74 Å². The molecule has 1 aromatic carbocycles. The van der Waals surface area contributed by atoms with Gasteiger partial charge >= 0.3 is 0 Å². The number of alkyl halides is 2. The van der Waals surface area contributed by atoms with Gasteiger partial charge in [-0.2, -0.15) is 5.10 Å². The number of ether oxygens (including phenoxy) is 1. The van der Waals surface area contributed by atoms with Crippen LogP contribution in [0.5, 0.6) is 5.88 Å². The lowest BCUT2D eigenvalue weighted by Crippen LogP contribution is -2.01. The van der Waals surface area contributed by atoms with Gasteiger partial charge < -0.3 is 4.74 Å². The lowest BCUT2D eigenvalue weighted by Gasteiger charge is -2.07. The fourth-order valence-electron chi connectivity index (χ4n) is 2.14. The van der Waals surface area contributed by atoms with Gasteiger partial charge in [-0.05, 0) is 12.1 Å². The number of pyridine rings is 1. The third-order valence-corrected chi connectivity index (χ3v) is 3.20. The van der Waals surface area contributed by atoms with Gasteiger partial charge in [0.15, 0.2) is 0 Å². The second-order valence-corrected chi connectivity index (χ2v) is 4.59. The van der Waals surface area contributed by atoms with Gasteiger partial charge in [0.05, 0.1) is 24.7 Å². The van der Waals surface area contributed by atoms with Gasteiger partial charge in [-0.15, -0.1) is 0 Å². The third kappa shape index (κ3) is 2.67. The van der Waals surface area contributed by atoms with Crippen LogP contribution in [-0.2, 0) is 0 Å². The molecule has 2 aromatic heterocycles. The highest BCUT2D eigenvalue weighted by molar-refractivity contribution is 5.62. The monoisotopic (exact) mass is 301 g/mol. The number of halogens is 2. The Balaban J connectivity index is 2.12. The van der Waals surface area contributed by atoms with E-state index in [-0.39, 0.29) is 5.69 Å². The molecule has 0 amide bonds. The van der Waals surface area contributed by atoms with E-state index in [2.05, 4.69) is 10.1 Å². The van der Waals surface area contributed by atoms with E-state index in [1.165, 1.54) is 24.1 Å². The van der Waals surface area contributed by atoms with Crippen molar-refractivity contribution in [1.82, 2.24) is 14.8 Å². The fraction of sp³-hybridized carbons (Fsp3) is 0.125. The van der Waals surface area contributed by atoms with Gasteiger partial charge in [0, 0.05) is 11.6 Å². The summed E-state index contributed by atoms with van der Waals surface area (Å²) in [6.07, 6.45) is -1.09. The van der Waals surface area contributed by atoms with Crippen molar-refractivity contribution >= 4 is 0 Å². The van der Waals surface area contributed by atoms with Crippen molar-refractivity contribution < 1.29 is 13.5 Å². The van der Waals surface area contributed by atoms with E-state index in [9.17, 15) is 8.78 Å². The average molecular weight is 301 g/mol. The summed E-state index contributed by atoms with van der Waals surface area (Å²) in [5.74, 6) is 0.450. The summed E-state index contributed by atoms with van der Waals surface area (Å²) >= 11 is 0. The molecule has 3 rings (SSSR count). The molecule has 2 heterocycles. The molecule has 0 radical (unpaired) electrons. The van der Waals surface area contributed by atoms with Crippen molar-refractivity contribution in [3.8, 4) is 22.8 Å². The Bertz CT molecular complexity index is 755. The lowest BCUT2D eigenvalue weighted by atomic mass is 10.1. The molecule has 0 unspecified atom stereocenters. The van der Waals surface area contributed by atoms with Crippen LogP contribution in [0.2, 0.25) is 0 Å². The highest BCUT2D eigenvalue weighted by Crippen LogP contribution is 2.28. The van der Waals surface area contributed by atoms with E-state index in [0.29, 0.717) is 17.3 Å². The molecular formula is C16H13F2N3O. The highest BCUT2D eigenvalue weighted by atomic mass is 19.3. The van der Waals surface area contributed by atoms with Gasteiger partial charge in [0.2, 0.25) is 5.88 Å². The van der Waals surface area contributed by atoms with E-state index in [1.807, 2.05) is 30.3 Å². The Morgan fingerprint density at radius 2 is 1.86 bits per heavy atom. The van der Waals surface area contributed by atoms with Crippen LogP contribution < -0.4 is 4.74 Å². The van der Waals surface area contributed by atoms with Gasteiger partial charge in [-0.3, -0.25) is 0 Å². The molecule has 0 saturated heterocycles. The number of benzene rings is 1. The molecule has 0 N–H and O–H groups in total. The number of nitrogens with zero attached hydrogens (tertiary/aromatic N) is 3. The molecule has 3 aromatic rings. The van der Waals surface area contributed by atoms with E-state index in [1.54, 1.807) is 12.1 Å². The minimum Gasteiger partial charge on any atom is -0.481 e. The molecule has 6 heteroatoms. The highest BCUT2D eigenvalue weighted by Gasteiger charge is 2.17. The molecule has 22 heavy (non-hydrogen) atoms. The van der Waals surface area contributed by atoms with Crippen LogP contribution in [0.3, 0.4) is 0 Å². The minimum absolute atomic E-state index is 0.269. The van der Waals surface area contributed by atoms with Crippen molar-refractivity contribution in [3.63, 3.8) is 0 Å². The van der Waals surface area contributed by atoms with Crippen LogP contribution in [0, 0.1) is 0 Å². The standard InChI is InChI=1S/C16H13F2N3O/c1-22-15-8-7-12(10-19-15)21-14(9-13(20-21)16(17)18)11-5-3-2-4-6-11/h2-10,16H,1H3. The zero-order valence-corrected chi connectivity index (χ0v) is 11.8. The quantitative estimate of drug-likeness (QED) is 0.734. The Hall–Kier alpha value is -2.76. The SMILES string of the molecule is COc1ccc(-n2nc(C(F)F)cc2-c2ccccc2)cn1. The Morgan fingerprint density at radius 1 is 1.09 bits per heavy atom. The second-order valence-electron chi connectivity index (χ2n) is 4.59. The number of methoxy groups -OCH3 is 1. The van der Waals surface area contributed by atoms with Gasteiger partial charge in [-0.25, -0.2) is 18.4 Å².